The van der Waals surface area contributed by atoms with Crippen LogP contribution in [0.3, 0.4) is 0 Å². The molecule has 4 nitrogen and oxygen atoms in total. The zero-order chi connectivity index (χ0) is 11.8. The Morgan fingerprint density at radius 3 is 2.62 bits per heavy atom. The van der Waals surface area contributed by atoms with Crippen LogP contribution in [0.2, 0.25) is 0 Å². The SMILES string of the molecule is CCCCCCNCCn1ccn(C)c1=O. The van der Waals surface area contributed by atoms with Crippen molar-refractivity contribution in [3.8, 4) is 0 Å². The Hall–Kier alpha value is -1.03. The van der Waals surface area contributed by atoms with E-state index in [1.807, 2.05) is 6.20 Å². The molecule has 0 aliphatic heterocycles. The highest BCUT2D eigenvalue weighted by Crippen LogP contribution is 1.96. The summed E-state index contributed by atoms with van der Waals surface area (Å²) in [5.74, 6) is 0. The standard InChI is InChI=1S/C12H23N3O/c1-3-4-5-6-7-13-8-9-15-11-10-14(2)12(15)16/h10-11,13H,3-9H2,1-2H3. The maximum absolute atomic E-state index is 11.5. The van der Waals surface area contributed by atoms with Gasteiger partial charge in [-0.3, -0.25) is 4.57 Å². The summed E-state index contributed by atoms with van der Waals surface area (Å²) < 4.78 is 3.33. The minimum absolute atomic E-state index is 0.0628. The van der Waals surface area contributed by atoms with Crippen molar-refractivity contribution in [2.75, 3.05) is 13.1 Å². The molecule has 1 aromatic rings. The van der Waals surface area contributed by atoms with E-state index in [1.165, 1.54) is 25.7 Å². The first kappa shape index (κ1) is 13.0. The normalized spacial score (nSPS) is 10.9. The number of imidazole rings is 1. The minimum Gasteiger partial charge on any atom is -0.315 e. The predicted molar refractivity (Wildman–Crippen MR) is 66.7 cm³/mol. The van der Waals surface area contributed by atoms with Gasteiger partial charge in [0.1, 0.15) is 0 Å². The minimum atomic E-state index is 0.0628. The summed E-state index contributed by atoms with van der Waals surface area (Å²) in [5.41, 5.74) is 0.0628. The third kappa shape index (κ3) is 4.23. The molecule has 0 saturated heterocycles. The molecule has 0 saturated carbocycles. The van der Waals surface area contributed by atoms with Crippen molar-refractivity contribution in [3.05, 3.63) is 22.9 Å². The molecule has 0 bridgehead atoms. The van der Waals surface area contributed by atoms with E-state index >= 15 is 0 Å². The number of nitrogens with zero attached hydrogens (tertiary/aromatic N) is 2. The molecule has 0 aromatic carbocycles. The Kier molecular flexibility index (Phi) is 5.93. The third-order valence-corrected chi connectivity index (χ3v) is 2.75. The number of hydrogen-bond donors (Lipinski definition) is 1. The van der Waals surface area contributed by atoms with Crippen molar-refractivity contribution in [2.45, 2.75) is 39.2 Å². The topological polar surface area (TPSA) is 39.0 Å². The summed E-state index contributed by atoms with van der Waals surface area (Å²) >= 11 is 0. The second-order valence-corrected chi connectivity index (χ2v) is 4.20. The molecule has 16 heavy (non-hydrogen) atoms. The molecule has 0 aliphatic carbocycles. The van der Waals surface area contributed by atoms with E-state index in [2.05, 4.69) is 12.2 Å². The fourth-order valence-electron chi connectivity index (χ4n) is 1.68. The lowest BCUT2D eigenvalue weighted by Gasteiger charge is -2.04. The van der Waals surface area contributed by atoms with Crippen LogP contribution in [0.4, 0.5) is 0 Å². The van der Waals surface area contributed by atoms with Crippen LogP contribution in [0.1, 0.15) is 32.6 Å². The van der Waals surface area contributed by atoms with Crippen LogP contribution in [0, 0.1) is 0 Å². The zero-order valence-electron chi connectivity index (χ0n) is 10.4. The molecule has 0 spiro atoms. The largest absolute Gasteiger partial charge is 0.327 e. The lowest BCUT2D eigenvalue weighted by Crippen LogP contribution is -2.28. The van der Waals surface area contributed by atoms with Gasteiger partial charge in [-0.25, -0.2) is 4.79 Å². The monoisotopic (exact) mass is 225 g/mol. The Balaban J connectivity index is 2.07. The molecule has 1 N–H and O–H groups in total. The molecule has 1 heterocycles. The third-order valence-electron chi connectivity index (χ3n) is 2.75. The maximum atomic E-state index is 11.5. The molecule has 0 radical (unpaired) electrons. The Morgan fingerprint density at radius 1 is 1.19 bits per heavy atom. The summed E-state index contributed by atoms with van der Waals surface area (Å²) in [4.78, 5) is 11.5. The summed E-state index contributed by atoms with van der Waals surface area (Å²) in [5, 5.41) is 3.36. The summed E-state index contributed by atoms with van der Waals surface area (Å²) in [6.45, 7) is 4.90. The van der Waals surface area contributed by atoms with E-state index in [0.29, 0.717) is 0 Å². The van der Waals surface area contributed by atoms with Crippen LogP contribution < -0.4 is 11.0 Å². The van der Waals surface area contributed by atoms with Gasteiger partial charge in [0.15, 0.2) is 0 Å². The van der Waals surface area contributed by atoms with Gasteiger partial charge < -0.3 is 9.88 Å². The van der Waals surface area contributed by atoms with Gasteiger partial charge in [0.05, 0.1) is 0 Å². The van der Waals surface area contributed by atoms with Gasteiger partial charge in [-0.2, -0.15) is 0 Å². The van der Waals surface area contributed by atoms with Gasteiger partial charge in [-0.1, -0.05) is 26.2 Å². The van der Waals surface area contributed by atoms with Crippen LogP contribution in [0.5, 0.6) is 0 Å². The fraction of sp³-hybridized carbons (Fsp3) is 0.750. The van der Waals surface area contributed by atoms with Gasteiger partial charge in [0.2, 0.25) is 0 Å². The smallest absolute Gasteiger partial charge is 0.315 e. The Labute approximate surface area is 97.3 Å². The second-order valence-electron chi connectivity index (χ2n) is 4.20. The second kappa shape index (κ2) is 7.28. The van der Waals surface area contributed by atoms with Crippen molar-refractivity contribution >= 4 is 0 Å². The highest BCUT2D eigenvalue weighted by molar-refractivity contribution is 4.79. The first-order chi connectivity index (χ1) is 7.75. The number of aromatic nitrogens is 2. The molecule has 0 fully saturated rings. The summed E-state index contributed by atoms with van der Waals surface area (Å²) in [7, 11) is 1.77. The van der Waals surface area contributed by atoms with Crippen molar-refractivity contribution in [3.63, 3.8) is 0 Å². The lowest BCUT2D eigenvalue weighted by atomic mass is 10.2. The van der Waals surface area contributed by atoms with E-state index in [1.54, 1.807) is 22.4 Å². The molecule has 1 aromatic heterocycles. The fourth-order valence-corrected chi connectivity index (χ4v) is 1.68. The Bertz CT molecular complexity index is 340. The van der Waals surface area contributed by atoms with Crippen LogP contribution in [0.25, 0.3) is 0 Å². The average molecular weight is 225 g/mol. The van der Waals surface area contributed by atoms with Gasteiger partial charge >= 0.3 is 5.69 Å². The quantitative estimate of drug-likeness (QED) is 0.678. The van der Waals surface area contributed by atoms with Crippen molar-refractivity contribution in [1.29, 1.82) is 0 Å². The first-order valence-corrected chi connectivity index (χ1v) is 6.18. The van der Waals surface area contributed by atoms with Crippen LogP contribution >= 0.6 is 0 Å². The predicted octanol–water partition coefficient (Wildman–Crippen LogP) is 1.36. The summed E-state index contributed by atoms with van der Waals surface area (Å²) in [6, 6.07) is 0. The number of hydrogen-bond acceptors (Lipinski definition) is 2. The molecule has 0 aliphatic rings. The highest BCUT2D eigenvalue weighted by Gasteiger charge is 1.97. The van der Waals surface area contributed by atoms with Crippen LogP contribution in [-0.4, -0.2) is 22.2 Å². The Morgan fingerprint density at radius 2 is 2.00 bits per heavy atom. The van der Waals surface area contributed by atoms with Gasteiger partial charge in [-0.05, 0) is 13.0 Å². The van der Waals surface area contributed by atoms with Gasteiger partial charge in [0, 0.05) is 32.5 Å². The van der Waals surface area contributed by atoms with E-state index in [9.17, 15) is 4.79 Å². The molecular formula is C12H23N3O. The molecule has 4 heteroatoms. The number of aryl methyl sites for hydroxylation is 1. The zero-order valence-corrected chi connectivity index (χ0v) is 10.4. The van der Waals surface area contributed by atoms with E-state index in [-0.39, 0.29) is 5.69 Å². The summed E-state index contributed by atoms with van der Waals surface area (Å²) in [6.07, 6.45) is 8.76. The van der Waals surface area contributed by atoms with Gasteiger partial charge in [0.25, 0.3) is 0 Å². The maximum Gasteiger partial charge on any atom is 0.327 e. The molecule has 0 atom stereocenters. The number of unbranched alkanes of at least 4 members (excludes halogenated alkanes) is 3. The van der Waals surface area contributed by atoms with Crippen molar-refractivity contribution < 1.29 is 0 Å². The lowest BCUT2D eigenvalue weighted by molar-refractivity contribution is 0.551. The average Bonchev–Trinajstić information content (AvgIpc) is 2.59. The van der Waals surface area contributed by atoms with E-state index in [0.717, 1.165) is 19.6 Å². The number of nitrogens with one attached hydrogen (secondary N) is 1. The van der Waals surface area contributed by atoms with E-state index in [4.69, 9.17) is 0 Å². The van der Waals surface area contributed by atoms with Crippen molar-refractivity contribution in [1.82, 2.24) is 14.5 Å². The molecule has 0 amide bonds. The number of rotatable bonds is 8. The molecular weight excluding hydrogens is 202 g/mol. The molecule has 1 rings (SSSR count). The van der Waals surface area contributed by atoms with Crippen molar-refractivity contribution in [2.24, 2.45) is 7.05 Å². The molecule has 92 valence electrons. The van der Waals surface area contributed by atoms with E-state index < -0.39 is 0 Å². The molecule has 0 unspecified atom stereocenters. The van der Waals surface area contributed by atoms with Crippen LogP contribution in [-0.2, 0) is 13.6 Å². The van der Waals surface area contributed by atoms with Gasteiger partial charge in [-0.15, -0.1) is 0 Å². The first-order valence-electron chi connectivity index (χ1n) is 6.18. The van der Waals surface area contributed by atoms with Crippen LogP contribution in [0.15, 0.2) is 17.2 Å². The highest BCUT2D eigenvalue weighted by atomic mass is 16.1.